The lowest BCUT2D eigenvalue weighted by molar-refractivity contribution is -0.148. The van der Waals surface area contributed by atoms with Crippen molar-refractivity contribution in [2.24, 2.45) is 5.16 Å². The molecular formula is C23H29N7O8. The van der Waals surface area contributed by atoms with Crippen molar-refractivity contribution in [2.75, 3.05) is 52.7 Å². The highest BCUT2D eigenvalue weighted by atomic mass is 16.7. The van der Waals surface area contributed by atoms with Crippen molar-refractivity contribution in [2.45, 2.75) is 13.0 Å². The van der Waals surface area contributed by atoms with Crippen LogP contribution < -0.4 is 14.2 Å². The molecule has 0 saturated carbocycles. The third-order valence-corrected chi connectivity index (χ3v) is 4.66. The highest BCUT2D eigenvalue weighted by molar-refractivity contribution is 6.44. The van der Waals surface area contributed by atoms with Gasteiger partial charge in [0.1, 0.15) is 25.9 Å². The minimum absolute atomic E-state index is 0.00134. The summed E-state index contributed by atoms with van der Waals surface area (Å²) in [4.78, 5) is 43.7. The summed E-state index contributed by atoms with van der Waals surface area (Å²) in [6.45, 7) is 9.70. The highest BCUT2D eigenvalue weighted by Gasteiger charge is 2.30. The number of nitrogens with one attached hydrogen (secondary N) is 1. The van der Waals surface area contributed by atoms with Crippen LogP contribution in [0.4, 0.5) is 0 Å². The summed E-state index contributed by atoms with van der Waals surface area (Å²) < 4.78 is 27.0. The smallest absolute Gasteiger partial charge is 0.347 e. The Kier molecular flexibility index (Phi) is 11.0. The standard InChI is InChI=1S/C23H29N7O8/c1-4-10-35-21-25-22(36-11-5-2)27-23(26-21)37-14-16-13-30(9-12-34-16)20(32)19(17-7-8-24-28-17)29-38-15-18(31)33-6-3/h4-5,7-8,16H,1-2,6,9-15H2,3H3,(H,24,28)/b29-19+. The Morgan fingerprint density at radius 2 is 1.84 bits per heavy atom. The Hall–Kier alpha value is -4.53. The SMILES string of the molecule is C=CCOc1nc(OCC=C)nc(OCC2CN(C(=O)/C(=N/OCC(=O)OCC)c3ccn[nH]3)CCO2)n1. The van der Waals surface area contributed by atoms with Crippen LogP contribution in [0, 0.1) is 0 Å². The number of carbonyl (C=O) groups excluding carboxylic acids is 2. The predicted octanol–water partition coefficient (Wildman–Crippen LogP) is 0.315. The van der Waals surface area contributed by atoms with E-state index in [1.54, 1.807) is 25.1 Å². The number of oxime groups is 1. The second-order valence-electron chi connectivity index (χ2n) is 7.43. The number of amides is 1. The monoisotopic (exact) mass is 531 g/mol. The van der Waals surface area contributed by atoms with Crippen LogP contribution in [-0.2, 0) is 23.9 Å². The van der Waals surface area contributed by atoms with E-state index in [9.17, 15) is 9.59 Å². The fourth-order valence-electron chi connectivity index (χ4n) is 3.05. The van der Waals surface area contributed by atoms with Crippen LogP contribution in [0.15, 0.2) is 42.7 Å². The number of rotatable bonds is 15. The van der Waals surface area contributed by atoms with Gasteiger partial charge >= 0.3 is 24.0 Å². The summed E-state index contributed by atoms with van der Waals surface area (Å²) >= 11 is 0. The number of esters is 1. The van der Waals surface area contributed by atoms with Crippen LogP contribution in [-0.4, -0.2) is 106 Å². The van der Waals surface area contributed by atoms with Gasteiger partial charge in [0.15, 0.2) is 5.71 Å². The van der Waals surface area contributed by atoms with Crippen LogP contribution >= 0.6 is 0 Å². The van der Waals surface area contributed by atoms with E-state index in [1.165, 1.54) is 11.1 Å². The Balaban J connectivity index is 1.64. The van der Waals surface area contributed by atoms with Crippen LogP contribution in [0.1, 0.15) is 12.6 Å². The molecule has 1 fully saturated rings. The maximum Gasteiger partial charge on any atom is 0.347 e. The van der Waals surface area contributed by atoms with Crippen molar-refractivity contribution >= 4 is 17.6 Å². The van der Waals surface area contributed by atoms with E-state index in [1.807, 2.05) is 0 Å². The lowest BCUT2D eigenvalue weighted by atomic mass is 10.2. The second-order valence-corrected chi connectivity index (χ2v) is 7.43. The fourth-order valence-corrected chi connectivity index (χ4v) is 3.05. The number of aromatic amines is 1. The summed E-state index contributed by atoms with van der Waals surface area (Å²) in [5.74, 6) is -1.06. The number of hydrogen-bond donors (Lipinski definition) is 1. The van der Waals surface area contributed by atoms with Gasteiger partial charge in [-0.05, 0) is 13.0 Å². The maximum absolute atomic E-state index is 13.3. The van der Waals surface area contributed by atoms with Gasteiger partial charge in [0, 0.05) is 12.7 Å². The number of nitrogens with zero attached hydrogens (tertiary/aromatic N) is 6. The van der Waals surface area contributed by atoms with Gasteiger partial charge < -0.3 is 33.4 Å². The van der Waals surface area contributed by atoms with Crippen molar-refractivity contribution in [3.05, 3.63) is 43.3 Å². The van der Waals surface area contributed by atoms with Crippen molar-refractivity contribution < 1.29 is 38.1 Å². The Labute approximate surface area is 218 Å². The molecule has 15 nitrogen and oxygen atoms in total. The Bertz CT molecular complexity index is 1080. The molecule has 0 aliphatic carbocycles. The molecular weight excluding hydrogens is 502 g/mol. The van der Waals surface area contributed by atoms with Gasteiger partial charge in [-0.15, -0.1) is 15.0 Å². The average Bonchev–Trinajstić information content (AvgIpc) is 3.46. The normalized spacial score (nSPS) is 15.3. The molecule has 0 spiro atoms. The van der Waals surface area contributed by atoms with Crippen LogP contribution in [0.5, 0.6) is 18.0 Å². The van der Waals surface area contributed by atoms with E-state index < -0.39 is 24.6 Å². The van der Waals surface area contributed by atoms with E-state index in [0.29, 0.717) is 12.2 Å². The summed E-state index contributed by atoms with van der Waals surface area (Å²) in [6, 6.07) is 1.51. The number of ether oxygens (including phenoxy) is 5. The van der Waals surface area contributed by atoms with Crippen molar-refractivity contribution in [1.29, 1.82) is 0 Å². The van der Waals surface area contributed by atoms with Gasteiger partial charge in [-0.1, -0.05) is 30.5 Å². The molecule has 3 rings (SSSR count). The molecule has 15 heteroatoms. The molecule has 0 radical (unpaired) electrons. The number of carbonyl (C=O) groups is 2. The van der Waals surface area contributed by atoms with Gasteiger partial charge in [0.25, 0.3) is 5.91 Å². The Morgan fingerprint density at radius 3 is 2.45 bits per heavy atom. The molecule has 1 unspecified atom stereocenters. The molecule has 1 saturated heterocycles. The minimum atomic E-state index is -0.606. The summed E-state index contributed by atoms with van der Waals surface area (Å²) in [6.07, 6.45) is 4.04. The van der Waals surface area contributed by atoms with E-state index >= 15 is 0 Å². The molecule has 2 aromatic heterocycles. The molecule has 1 N–H and O–H groups in total. The summed E-state index contributed by atoms with van der Waals surface area (Å²) in [5, 5.41) is 10.4. The second kappa shape index (κ2) is 14.9. The fraction of sp³-hybridized carbons (Fsp3) is 0.435. The zero-order valence-corrected chi connectivity index (χ0v) is 20.9. The molecule has 0 bridgehead atoms. The van der Waals surface area contributed by atoms with E-state index in [-0.39, 0.29) is 63.3 Å². The zero-order valence-electron chi connectivity index (χ0n) is 20.9. The van der Waals surface area contributed by atoms with E-state index in [4.69, 9.17) is 28.5 Å². The molecule has 1 aliphatic heterocycles. The van der Waals surface area contributed by atoms with E-state index in [2.05, 4.69) is 43.5 Å². The average molecular weight is 532 g/mol. The molecule has 2 aromatic rings. The first-order chi connectivity index (χ1) is 18.5. The van der Waals surface area contributed by atoms with Crippen LogP contribution in [0.3, 0.4) is 0 Å². The summed E-state index contributed by atoms with van der Waals surface area (Å²) in [7, 11) is 0. The first-order valence-corrected chi connectivity index (χ1v) is 11.7. The lowest BCUT2D eigenvalue weighted by Gasteiger charge is -2.32. The van der Waals surface area contributed by atoms with Gasteiger partial charge in [-0.3, -0.25) is 9.89 Å². The molecule has 1 aliphatic rings. The van der Waals surface area contributed by atoms with Crippen molar-refractivity contribution in [3.8, 4) is 18.0 Å². The van der Waals surface area contributed by atoms with Gasteiger partial charge in [-0.2, -0.15) is 5.10 Å². The van der Waals surface area contributed by atoms with Crippen molar-refractivity contribution in [1.82, 2.24) is 30.0 Å². The third kappa shape index (κ3) is 8.55. The van der Waals surface area contributed by atoms with Gasteiger partial charge in [-0.25, -0.2) is 4.79 Å². The maximum atomic E-state index is 13.3. The first-order valence-electron chi connectivity index (χ1n) is 11.7. The first kappa shape index (κ1) is 28.0. The Morgan fingerprint density at radius 1 is 1.16 bits per heavy atom. The number of aromatic nitrogens is 5. The quantitative estimate of drug-likeness (QED) is 0.144. The van der Waals surface area contributed by atoms with Gasteiger partial charge in [0.05, 0.1) is 25.5 Å². The minimum Gasteiger partial charge on any atom is -0.463 e. The third-order valence-electron chi connectivity index (χ3n) is 4.66. The lowest BCUT2D eigenvalue weighted by Crippen LogP contribution is -2.50. The van der Waals surface area contributed by atoms with Crippen molar-refractivity contribution in [3.63, 3.8) is 0 Å². The van der Waals surface area contributed by atoms with E-state index in [0.717, 1.165) is 0 Å². The molecule has 3 heterocycles. The highest BCUT2D eigenvalue weighted by Crippen LogP contribution is 2.16. The molecule has 38 heavy (non-hydrogen) atoms. The van der Waals surface area contributed by atoms with Gasteiger partial charge in [0.2, 0.25) is 6.61 Å². The largest absolute Gasteiger partial charge is 0.463 e. The number of H-pyrrole nitrogens is 1. The molecule has 1 atom stereocenters. The topological polar surface area (TPSA) is 172 Å². The van der Waals surface area contributed by atoms with Crippen LogP contribution in [0.2, 0.25) is 0 Å². The molecule has 204 valence electrons. The molecule has 0 aromatic carbocycles. The molecule has 1 amide bonds. The summed E-state index contributed by atoms with van der Waals surface area (Å²) in [5.41, 5.74) is 0.265. The number of morpholine rings is 1. The van der Waals surface area contributed by atoms with Crippen LogP contribution in [0.25, 0.3) is 0 Å². The predicted molar refractivity (Wildman–Crippen MR) is 131 cm³/mol. The number of hydrogen-bond acceptors (Lipinski definition) is 13. The zero-order chi connectivity index (χ0) is 27.2.